The minimum atomic E-state index is -0.0845. The number of nitrogen functional groups attached to an aromatic ring is 1. The van der Waals surface area contributed by atoms with Crippen LogP contribution in [0.5, 0.6) is 0 Å². The number of hydrogen-bond acceptors (Lipinski definition) is 4. The summed E-state index contributed by atoms with van der Waals surface area (Å²) in [7, 11) is 1.69. The van der Waals surface area contributed by atoms with Gasteiger partial charge in [-0.15, -0.1) is 0 Å². The lowest BCUT2D eigenvalue weighted by Crippen LogP contribution is -2.46. The topological polar surface area (TPSA) is 68.7 Å². The molecule has 1 aliphatic heterocycles. The van der Waals surface area contributed by atoms with Crippen LogP contribution in [0.2, 0.25) is 0 Å². The third-order valence-corrected chi connectivity index (χ3v) is 4.23. The van der Waals surface area contributed by atoms with E-state index in [9.17, 15) is 4.79 Å². The van der Waals surface area contributed by atoms with Gasteiger partial charge in [-0.05, 0) is 36.6 Å². The minimum Gasteiger partial charge on any atom is -0.451 e. The van der Waals surface area contributed by atoms with Crippen molar-refractivity contribution in [3.8, 4) is 0 Å². The van der Waals surface area contributed by atoms with Crippen molar-refractivity contribution in [1.29, 1.82) is 0 Å². The summed E-state index contributed by atoms with van der Waals surface area (Å²) >= 11 is 0. The van der Waals surface area contributed by atoms with Gasteiger partial charge in [0.1, 0.15) is 5.58 Å². The van der Waals surface area contributed by atoms with Crippen molar-refractivity contribution in [2.45, 2.75) is 19.4 Å². The van der Waals surface area contributed by atoms with Crippen molar-refractivity contribution in [2.24, 2.45) is 5.92 Å². The highest BCUT2D eigenvalue weighted by atomic mass is 16.5. The average molecular weight is 288 g/mol. The third-order valence-electron chi connectivity index (χ3n) is 4.23. The number of amides is 1. The standard InChI is InChI=1S/C16H20N2O3/c1-10-5-6-18(9-15(10)20-2)16(19)14-8-11-7-12(17)3-4-13(11)21-14/h3-4,7-8,10,15H,5-6,9,17H2,1-2H3. The van der Waals surface area contributed by atoms with Crippen molar-refractivity contribution in [1.82, 2.24) is 4.90 Å². The predicted octanol–water partition coefficient (Wildman–Crippen LogP) is 2.51. The molecule has 0 radical (unpaired) electrons. The van der Waals surface area contributed by atoms with E-state index in [1.165, 1.54) is 0 Å². The molecule has 0 spiro atoms. The molecule has 2 aromatic rings. The number of furan rings is 1. The van der Waals surface area contributed by atoms with Gasteiger partial charge in [-0.25, -0.2) is 0 Å². The van der Waals surface area contributed by atoms with Crippen LogP contribution in [0.1, 0.15) is 23.9 Å². The van der Waals surface area contributed by atoms with Gasteiger partial charge in [-0.3, -0.25) is 4.79 Å². The lowest BCUT2D eigenvalue weighted by molar-refractivity contribution is -0.00254. The normalized spacial score (nSPS) is 22.7. The van der Waals surface area contributed by atoms with E-state index >= 15 is 0 Å². The number of nitrogens with two attached hydrogens (primary N) is 1. The number of methoxy groups -OCH3 is 1. The maximum Gasteiger partial charge on any atom is 0.289 e. The zero-order chi connectivity index (χ0) is 15.0. The Kier molecular flexibility index (Phi) is 3.59. The van der Waals surface area contributed by atoms with Gasteiger partial charge in [0, 0.05) is 31.3 Å². The molecule has 112 valence electrons. The highest BCUT2D eigenvalue weighted by molar-refractivity contribution is 5.96. The van der Waals surface area contributed by atoms with E-state index in [4.69, 9.17) is 14.9 Å². The second-order valence-electron chi connectivity index (χ2n) is 5.70. The Labute approximate surface area is 123 Å². The smallest absolute Gasteiger partial charge is 0.289 e. The number of benzene rings is 1. The Bertz CT molecular complexity index is 665. The molecule has 1 aliphatic rings. The first-order valence-corrected chi connectivity index (χ1v) is 7.19. The summed E-state index contributed by atoms with van der Waals surface area (Å²) in [6, 6.07) is 7.13. The summed E-state index contributed by atoms with van der Waals surface area (Å²) in [6.07, 6.45) is 1.03. The second kappa shape index (κ2) is 5.41. The first-order chi connectivity index (χ1) is 10.1. The molecule has 2 unspecified atom stereocenters. The van der Waals surface area contributed by atoms with E-state index in [1.807, 2.05) is 6.07 Å². The molecular weight excluding hydrogens is 268 g/mol. The third kappa shape index (κ3) is 2.61. The number of carbonyl (C=O) groups excluding carboxylic acids is 1. The fourth-order valence-electron chi connectivity index (χ4n) is 2.85. The Morgan fingerprint density at radius 2 is 2.24 bits per heavy atom. The molecule has 1 fully saturated rings. The van der Waals surface area contributed by atoms with Gasteiger partial charge in [-0.1, -0.05) is 6.92 Å². The van der Waals surface area contributed by atoms with Crippen LogP contribution in [0.25, 0.3) is 11.0 Å². The molecule has 1 aromatic heterocycles. The van der Waals surface area contributed by atoms with E-state index in [0.29, 0.717) is 29.5 Å². The average Bonchev–Trinajstić information content (AvgIpc) is 2.90. The van der Waals surface area contributed by atoms with Crippen molar-refractivity contribution in [2.75, 3.05) is 25.9 Å². The molecule has 2 N–H and O–H groups in total. The van der Waals surface area contributed by atoms with Crippen LogP contribution in [0.15, 0.2) is 28.7 Å². The highest BCUT2D eigenvalue weighted by Gasteiger charge is 2.30. The summed E-state index contributed by atoms with van der Waals surface area (Å²) in [5.41, 5.74) is 7.09. The Balaban J connectivity index is 1.83. The van der Waals surface area contributed by atoms with E-state index in [-0.39, 0.29) is 12.0 Å². The van der Waals surface area contributed by atoms with Crippen molar-refractivity contribution in [3.63, 3.8) is 0 Å². The van der Waals surface area contributed by atoms with E-state index in [0.717, 1.165) is 18.4 Å². The molecule has 0 bridgehead atoms. The highest BCUT2D eigenvalue weighted by Crippen LogP contribution is 2.25. The fourth-order valence-corrected chi connectivity index (χ4v) is 2.85. The number of ether oxygens (including phenoxy) is 1. The zero-order valence-corrected chi connectivity index (χ0v) is 12.3. The Morgan fingerprint density at radius 1 is 1.43 bits per heavy atom. The van der Waals surface area contributed by atoms with Gasteiger partial charge in [0.15, 0.2) is 5.76 Å². The zero-order valence-electron chi connectivity index (χ0n) is 12.3. The van der Waals surface area contributed by atoms with Crippen LogP contribution in [-0.4, -0.2) is 37.1 Å². The van der Waals surface area contributed by atoms with Crippen molar-refractivity contribution < 1.29 is 13.9 Å². The molecule has 0 aliphatic carbocycles. The van der Waals surface area contributed by atoms with Gasteiger partial charge in [0.25, 0.3) is 5.91 Å². The number of nitrogens with zero attached hydrogens (tertiary/aromatic N) is 1. The van der Waals surface area contributed by atoms with Gasteiger partial charge in [0.05, 0.1) is 6.10 Å². The van der Waals surface area contributed by atoms with Crippen LogP contribution in [0.3, 0.4) is 0 Å². The Morgan fingerprint density at radius 3 is 3.00 bits per heavy atom. The largest absolute Gasteiger partial charge is 0.451 e. The lowest BCUT2D eigenvalue weighted by atomic mass is 9.95. The fraction of sp³-hybridized carbons (Fsp3) is 0.438. The molecule has 1 amide bonds. The minimum absolute atomic E-state index is 0.0845. The van der Waals surface area contributed by atoms with Gasteiger partial charge in [-0.2, -0.15) is 0 Å². The number of likely N-dealkylation sites (tertiary alicyclic amines) is 1. The van der Waals surface area contributed by atoms with Gasteiger partial charge >= 0.3 is 0 Å². The quantitative estimate of drug-likeness (QED) is 0.862. The molecule has 5 heteroatoms. The molecule has 2 atom stereocenters. The Hall–Kier alpha value is -2.01. The van der Waals surface area contributed by atoms with Crippen LogP contribution in [-0.2, 0) is 4.74 Å². The van der Waals surface area contributed by atoms with E-state index in [1.54, 1.807) is 30.2 Å². The first-order valence-electron chi connectivity index (χ1n) is 7.19. The SMILES string of the molecule is COC1CN(C(=O)c2cc3cc(N)ccc3o2)CCC1C. The van der Waals surface area contributed by atoms with Gasteiger partial charge in [0.2, 0.25) is 0 Å². The number of fused-ring (bicyclic) bond motifs is 1. The van der Waals surface area contributed by atoms with Crippen LogP contribution >= 0.6 is 0 Å². The predicted molar refractivity (Wildman–Crippen MR) is 81.1 cm³/mol. The van der Waals surface area contributed by atoms with Gasteiger partial charge < -0.3 is 19.8 Å². The number of carbonyl (C=O) groups is 1. The van der Waals surface area contributed by atoms with Crippen LogP contribution < -0.4 is 5.73 Å². The number of anilines is 1. The number of rotatable bonds is 2. The van der Waals surface area contributed by atoms with E-state index in [2.05, 4.69) is 6.92 Å². The second-order valence-corrected chi connectivity index (χ2v) is 5.70. The van der Waals surface area contributed by atoms with Crippen LogP contribution in [0.4, 0.5) is 5.69 Å². The van der Waals surface area contributed by atoms with Crippen molar-refractivity contribution in [3.05, 3.63) is 30.0 Å². The summed E-state index contributed by atoms with van der Waals surface area (Å²) in [5, 5.41) is 0.854. The van der Waals surface area contributed by atoms with Crippen molar-refractivity contribution >= 4 is 22.6 Å². The summed E-state index contributed by atoms with van der Waals surface area (Å²) in [6.45, 7) is 3.49. The lowest BCUT2D eigenvalue weighted by Gasteiger charge is -2.35. The molecule has 1 aromatic carbocycles. The van der Waals surface area contributed by atoms with Crippen LogP contribution in [0, 0.1) is 5.92 Å². The maximum atomic E-state index is 12.6. The molecule has 1 saturated heterocycles. The summed E-state index contributed by atoms with van der Waals surface area (Å²) in [4.78, 5) is 14.4. The molecule has 0 saturated carbocycles. The molecule has 3 rings (SSSR count). The molecule has 2 heterocycles. The molecular formula is C16H20N2O3. The summed E-state index contributed by atoms with van der Waals surface area (Å²) in [5.74, 6) is 0.744. The maximum absolute atomic E-state index is 12.6. The molecule has 5 nitrogen and oxygen atoms in total. The first kappa shape index (κ1) is 13.9. The number of hydrogen-bond donors (Lipinski definition) is 1. The van der Waals surface area contributed by atoms with E-state index < -0.39 is 0 Å². The number of piperidine rings is 1. The summed E-state index contributed by atoms with van der Waals surface area (Å²) < 4.78 is 11.1. The molecule has 21 heavy (non-hydrogen) atoms. The monoisotopic (exact) mass is 288 g/mol.